The first-order valence-corrected chi connectivity index (χ1v) is 6.00. The Hall–Kier alpha value is -1.86. The number of aromatic nitrogens is 4. The van der Waals surface area contributed by atoms with Crippen molar-refractivity contribution in [1.82, 2.24) is 25.4 Å². The van der Waals surface area contributed by atoms with Gasteiger partial charge >= 0.3 is 0 Å². The van der Waals surface area contributed by atoms with E-state index in [2.05, 4.69) is 25.4 Å². The summed E-state index contributed by atoms with van der Waals surface area (Å²) in [5.41, 5.74) is 0.989. The SMILES string of the molecule is CNC(COC)Cc1nc(-c2ncc(C)cn2)no1. The molecule has 0 aromatic carbocycles. The lowest BCUT2D eigenvalue weighted by Gasteiger charge is -2.11. The zero-order chi connectivity index (χ0) is 13.7. The van der Waals surface area contributed by atoms with Gasteiger partial charge < -0.3 is 14.6 Å². The first kappa shape index (κ1) is 13.6. The molecule has 7 heteroatoms. The lowest BCUT2D eigenvalue weighted by atomic mass is 10.2. The lowest BCUT2D eigenvalue weighted by molar-refractivity contribution is 0.165. The summed E-state index contributed by atoms with van der Waals surface area (Å²) in [6.07, 6.45) is 4.04. The van der Waals surface area contributed by atoms with Crippen LogP contribution in [0.4, 0.5) is 0 Å². The van der Waals surface area contributed by atoms with Crippen molar-refractivity contribution >= 4 is 0 Å². The zero-order valence-corrected chi connectivity index (χ0v) is 11.3. The average molecular weight is 263 g/mol. The summed E-state index contributed by atoms with van der Waals surface area (Å²) in [5, 5.41) is 7.01. The van der Waals surface area contributed by atoms with Gasteiger partial charge in [0.1, 0.15) is 0 Å². The summed E-state index contributed by atoms with van der Waals surface area (Å²) >= 11 is 0. The number of hydrogen-bond donors (Lipinski definition) is 1. The summed E-state index contributed by atoms with van der Waals surface area (Å²) in [4.78, 5) is 12.6. The van der Waals surface area contributed by atoms with Crippen molar-refractivity contribution in [3.8, 4) is 11.6 Å². The Morgan fingerprint density at radius 2 is 2.05 bits per heavy atom. The minimum Gasteiger partial charge on any atom is -0.383 e. The van der Waals surface area contributed by atoms with Crippen LogP contribution in [0, 0.1) is 6.92 Å². The van der Waals surface area contributed by atoms with E-state index in [0.29, 0.717) is 30.6 Å². The molecule has 102 valence electrons. The first-order valence-electron chi connectivity index (χ1n) is 6.00. The van der Waals surface area contributed by atoms with Crippen molar-refractivity contribution in [3.05, 3.63) is 23.8 Å². The molecule has 0 aliphatic heterocycles. The molecule has 1 unspecified atom stereocenters. The molecule has 1 atom stereocenters. The molecule has 2 aromatic rings. The summed E-state index contributed by atoms with van der Waals surface area (Å²) in [7, 11) is 3.52. The highest BCUT2D eigenvalue weighted by Gasteiger charge is 2.15. The number of ether oxygens (including phenoxy) is 1. The Kier molecular flexibility index (Phi) is 4.53. The van der Waals surface area contributed by atoms with Crippen LogP contribution in [0.1, 0.15) is 11.5 Å². The molecule has 0 bridgehead atoms. The van der Waals surface area contributed by atoms with Crippen LogP contribution in [-0.2, 0) is 11.2 Å². The van der Waals surface area contributed by atoms with Gasteiger partial charge in [-0.25, -0.2) is 9.97 Å². The fraction of sp³-hybridized carbons (Fsp3) is 0.500. The molecule has 19 heavy (non-hydrogen) atoms. The Balaban J connectivity index is 2.08. The fourth-order valence-electron chi connectivity index (χ4n) is 1.59. The van der Waals surface area contributed by atoms with E-state index in [1.54, 1.807) is 19.5 Å². The molecule has 0 aliphatic carbocycles. The number of nitrogens with zero attached hydrogens (tertiary/aromatic N) is 4. The molecule has 2 rings (SSSR count). The third kappa shape index (κ3) is 3.55. The van der Waals surface area contributed by atoms with Gasteiger partial charge in [-0.1, -0.05) is 5.16 Å². The molecule has 0 saturated heterocycles. The van der Waals surface area contributed by atoms with E-state index < -0.39 is 0 Å². The second-order valence-electron chi connectivity index (χ2n) is 4.24. The maximum absolute atomic E-state index is 5.19. The highest BCUT2D eigenvalue weighted by Crippen LogP contribution is 2.11. The Morgan fingerprint density at radius 1 is 1.32 bits per heavy atom. The van der Waals surface area contributed by atoms with Gasteiger partial charge in [0.25, 0.3) is 0 Å². The predicted molar refractivity (Wildman–Crippen MR) is 68.5 cm³/mol. The molecule has 2 aromatic heterocycles. The highest BCUT2D eigenvalue weighted by molar-refractivity contribution is 5.40. The molecular weight excluding hydrogens is 246 g/mol. The zero-order valence-electron chi connectivity index (χ0n) is 11.3. The van der Waals surface area contributed by atoms with E-state index in [9.17, 15) is 0 Å². The minimum atomic E-state index is 0.136. The van der Waals surface area contributed by atoms with Crippen LogP contribution < -0.4 is 5.32 Å². The summed E-state index contributed by atoms with van der Waals surface area (Å²) in [6.45, 7) is 2.50. The quantitative estimate of drug-likeness (QED) is 0.817. The Labute approximate surface area is 111 Å². The normalized spacial score (nSPS) is 12.6. The summed E-state index contributed by atoms with van der Waals surface area (Å²) < 4.78 is 10.3. The van der Waals surface area contributed by atoms with Crippen LogP contribution in [-0.4, -0.2) is 46.9 Å². The maximum atomic E-state index is 5.19. The number of likely N-dealkylation sites (N-methyl/N-ethyl adjacent to an activating group) is 1. The molecule has 1 N–H and O–H groups in total. The highest BCUT2D eigenvalue weighted by atomic mass is 16.5. The summed E-state index contributed by atoms with van der Waals surface area (Å²) in [5.74, 6) is 1.41. The Morgan fingerprint density at radius 3 is 2.68 bits per heavy atom. The van der Waals surface area contributed by atoms with E-state index in [4.69, 9.17) is 9.26 Å². The van der Waals surface area contributed by atoms with Crippen molar-refractivity contribution in [2.75, 3.05) is 20.8 Å². The van der Waals surface area contributed by atoms with Gasteiger partial charge in [0.15, 0.2) is 0 Å². The van der Waals surface area contributed by atoms with Crippen molar-refractivity contribution in [3.63, 3.8) is 0 Å². The number of aryl methyl sites for hydroxylation is 1. The van der Waals surface area contributed by atoms with Crippen LogP contribution in [0.15, 0.2) is 16.9 Å². The van der Waals surface area contributed by atoms with Gasteiger partial charge in [-0.2, -0.15) is 4.98 Å². The van der Waals surface area contributed by atoms with Crippen molar-refractivity contribution in [2.24, 2.45) is 0 Å². The van der Waals surface area contributed by atoms with Gasteiger partial charge in [-0.05, 0) is 19.5 Å². The van der Waals surface area contributed by atoms with Gasteiger partial charge in [-0.3, -0.25) is 0 Å². The van der Waals surface area contributed by atoms with Crippen LogP contribution in [0.25, 0.3) is 11.6 Å². The third-order valence-electron chi connectivity index (χ3n) is 2.65. The standard InChI is InChI=1S/C12H17N5O2/c1-8-5-14-11(15-6-8)12-16-10(19-17-12)4-9(13-2)7-18-3/h5-6,9,13H,4,7H2,1-3H3. The van der Waals surface area contributed by atoms with E-state index in [1.165, 1.54) is 0 Å². The maximum Gasteiger partial charge on any atom is 0.240 e. The van der Waals surface area contributed by atoms with Gasteiger partial charge in [0.05, 0.1) is 6.61 Å². The lowest BCUT2D eigenvalue weighted by Crippen LogP contribution is -2.32. The second kappa shape index (κ2) is 6.35. The molecule has 0 spiro atoms. The molecule has 0 saturated carbocycles. The van der Waals surface area contributed by atoms with Crippen molar-refractivity contribution in [1.29, 1.82) is 0 Å². The molecular formula is C12H17N5O2. The molecule has 0 amide bonds. The van der Waals surface area contributed by atoms with Gasteiger partial charge in [0, 0.05) is 32.0 Å². The van der Waals surface area contributed by atoms with E-state index >= 15 is 0 Å². The predicted octanol–water partition coefficient (Wildman–Crippen LogP) is 0.612. The van der Waals surface area contributed by atoms with E-state index in [1.807, 2.05) is 14.0 Å². The van der Waals surface area contributed by atoms with Crippen LogP contribution >= 0.6 is 0 Å². The molecule has 0 radical (unpaired) electrons. The largest absolute Gasteiger partial charge is 0.383 e. The van der Waals surface area contributed by atoms with Crippen LogP contribution in [0.5, 0.6) is 0 Å². The Bertz CT molecular complexity index is 511. The fourth-order valence-corrected chi connectivity index (χ4v) is 1.59. The first-order chi connectivity index (χ1) is 9.22. The number of hydrogen-bond acceptors (Lipinski definition) is 7. The van der Waals surface area contributed by atoms with Crippen LogP contribution in [0.2, 0.25) is 0 Å². The number of methoxy groups -OCH3 is 1. The number of nitrogens with one attached hydrogen (secondary N) is 1. The van der Waals surface area contributed by atoms with Crippen LogP contribution in [0.3, 0.4) is 0 Å². The second-order valence-corrected chi connectivity index (χ2v) is 4.24. The molecule has 2 heterocycles. The monoisotopic (exact) mass is 263 g/mol. The molecule has 0 fully saturated rings. The molecule has 7 nitrogen and oxygen atoms in total. The number of rotatable bonds is 6. The molecule has 0 aliphatic rings. The van der Waals surface area contributed by atoms with Crippen molar-refractivity contribution in [2.45, 2.75) is 19.4 Å². The smallest absolute Gasteiger partial charge is 0.240 e. The topological polar surface area (TPSA) is 86.0 Å². The van der Waals surface area contributed by atoms with Gasteiger partial charge in [0.2, 0.25) is 17.5 Å². The van der Waals surface area contributed by atoms with E-state index in [-0.39, 0.29) is 6.04 Å². The van der Waals surface area contributed by atoms with Crippen molar-refractivity contribution < 1.29 is 9.26 Å². The van der Waals surface area contributed by atoms with E-state index in [0.717, 1.165) is 5.56 Å². The average Bonchev–Trinajstić information content (AvgIpc) is 2.87. The minimum absolute atomic E-state index is 0.136. The third-order valence-corrected chi connectivity index (χ3v) is 2.65. The summed E-state index contributed by atoms with van der Waals surface area (Å²) in [6, 6.07) is 0.136. The van der Waals surface area contributed by atoms with Gasteiger partial charge in [-0.15, -0.1) is 0 Å².